The SMILES string of the molecule is O=C(CN(C(=O)C1CC1)C1CCCCC1)N(Cc1ccccc1)Cc1ccco1. The van der Waals surface area contributed by atoms with Gasteiger partial charge in [-0.1, -0.05) is 49.6 Å². The molecule has 0 saturated heterocycles. The van der Waals surface area contributed by atoms with Crippen LogP contribution in [0.1, 0.15) is 56.3 Å². The first-order valence-corrected chi connectivity index (χ1v) is 10.9. The Kier molecular flexibility index (Phi) is 6.33. The fraction of sp³-hybridized carbons (Fsp3) is 0.500. The molecule has 4 rings (SSSR count). The number of hydrogen-bond acceptors (Lipinski definition) is 3. The van der Waals surface area contributed by atoms with Gasteiger partial charge in [-0.2, -0.15) is 0 Å². The van der Waals surface area contributed by atoms with Crippen molar-refractivity contribution in [2.75, 3.05) is 6.54 Å². The molecule has 29 heavy (non-hydrogen) atoms. The van der Waals surface area contributed by atoms with Crippen LogP contribution in [0.2, 0.25) is 0 Å². The quantitative estimate of drug-likeness (QED) is 0.668. The first-order valence-electron chi connectivity index (χ1n) is 10.9. The summed E-state index contributed by atoms with van der Waals surface area (Å²) < 4.78 is 5.49. The van der Waals surface area contributed by atoms with Crippen molar-refractivity contribution < 1.29 is 14.0 Å². The molecule has 2 amide bonds. The molecule has 0 atom stereocenters. The molecule has 2 fully saturated rings. The van der Waals surface area contributed by atoms with Gasteiger partial charge in [0, 0.05) is 18.5 Å². The van der Waals surface area contributed by atoms with Crippen LogP contribution in [0.25, 0.3) is 0 Å². The van der Waals surface area contributed by atoms with Gasteiger partial charge in [0.1, 0.15) is 12.3 Å². The van der Waals surface area contributed by atoms with E-state index in [0.29, 0.717) is 13.1 Å². The van der Waals surface area contributed by atoms with E-state index >= 15 is 0 Å². The summed E-state index contributed by atoms with van der Waals surface area (Å²) in [5, 5.41) is 0. The maximum atomic E-state index is 13.4. The zero-order valence-electron chi connectivity index (χ0n) is 17.0. The molecule has 2 aromatic rings. The van der Waals surface area contributed by atoms with Crippen LogP contribution in [0, 0.1) is 5.92 Å². The molecular formula is C24H30N2O3. The summed E-state index contributed by atoms with van der Waals surface area (Å²) in [4.78, 5) is 30.1. The van der Waals surface area contributed by atoms with Gasteiger partial charge in [0.05, 0.1) is 12.8 Å². The third-order valence-electron chi connectivity index (χ3n) is 6.03. The lowest BCUT2D eigenvalue weighted by Crippen LogP contribution is -2.48. The summed E-state index contributed by atoms with van der Waals surface area (Å²) in [6.07, 6.45) is 9.12. The summed E-state index contributed by atoms with van der Waals surface area (Å²) in [6.45, 7) is 1.10. The van der Waals surface area contributed by atoms with Crippen LogP contribution in [0.3, 0.4) is 0 Å². The Bertz CT molecular complexity index is 793. The van der Waals surface area contributed by atoms with Gasteiger partial charge in [-0.15, -0.1) is 0 Å². The Hall–Kier alpha value is -2.56. The second-order valence-corrected chi connectivity index (χ2v) is 8.35. The molecule has 2 aliphatic carbocycles. The third-order valence-corrected chi connectivity index (χ3v) is 6.03. The average Bonchev–Trinajstić information content (AvgIpc) is 3.49. The van der Waals surface area contributed by atoms with Crippen LogP contribution in [0.5, 0.6) is 0 Å². The number of furan rings is 1. The molecule has 0 spiro atoms. The molecule has 1 aromatic heterocycles. The van der Waals surface area contributed by atoms with Crippen molar-refractivity contribution in [3.05, 3.63) is 60.1 Å². The van der Waals surface area contributed by atoms with Crippen molar-refractivity contribution in [1.29, 1.82) is 0 Å². The Morgan fingerprint density at radius 2 is 1.66 bits per heavy atom. The highest BCUT2D eigenvalue weighted by atomic mass is 16.3. The number of rotatable bonds is 8. The van der Waals surface area contributed by atoms with Crippen LogP contribution in [0.15, 0.2) is 53.1 Å². The average molecular weight is 395 g/mol. The van der Waals surface area contributed by atoms with Gasteiger partial charge in [-0.3, -0.25) is 9.59 Å². The van der Waals surface area contributed by atoms with Gasteiger partial charge < -0.3 is 14.2 Å². The molecule has 1 aromatic carbocycles. The molecule has 0 unspecified atom stereocenters. The lowest BCUT2D eigenvalue weighted by Gasteiger charge is -2.35. The maximum Gasteiger partial charge on any atom is 0.242 e. The molecular weight excluding hydrogens is 364 g/mol. The molecule has 0 aliphatic heterocycles. The predicted octanol–water partition coefficient (Wildman–Crippen LogP) is 4.38. The predicted molar refractivity (Wildman–Crippen MR) is 111 cm³/mol. The fourth-order valence-corrected chi connectivity index (χ4v) is 4.22. The highest BCUT2D eigenvalue weighted by Crippen LogP contribution is 2.34. The van der Waals surface area contributed by atoms with Gasteiger partial charge in [-0.25, -0.2) is 0 Å². The van der Waals surface area contributed by atoms with E-state index in [1.165, 1.54) is 6.42 Å². The van der Waals surface area contributed by atoms with Crippen molar-refractivity contribution in [1.82, 2.24) is 9.80 Å². The van der Waals surface area contributed by atoms with E-state index in [0.717, 1.165) is 49.8 Å². The zero-order chi connectivity index (χ0) is 20.1. The minimum atomic E-state index is -0.00942. The minimum Gasteiger partial charge on any atom is -0.467 e. The second kappa shape index (κ2) is 9.29. The lowest BCUT2D eigenvalue weighted by atomic mass is 9.93. The number of carbonyl (C=O) groups is 2. The topological polar surface area (TPSA) is 53.8 Å². The van der Waals surface area contributed by atoms with E-state index in [1.54, 1.807) is 6.26 Å². The van der Waals surface area contributed by atoms with Crippen LogP contribution >= 0.6 is 0 Å². The Morgan fingerprint density at radius 1 is 0.897 bits per heavy atom. The van der Waals surface area contributed by atoms with E-state index in [4.69, 9.17) is 4.42 Å². The van der Waals surface area contributed by atoms with E-state index in [1.807, 2.05) is 52.3 Å². The molecule has 2 saturated carbocycles. The fourth-order valence-electron chi connectivity index (χ4n) is 4.22. The first-order chi connectivity index (χ1) is 14.2. The summed E-state index contributed by atoms with van der Waals surface area (Å²) in [5.74, 6) is 1.07. The van der Waals surface area contributed by atoms with E-state index in [9.17, 15) is 9.59 Å². The number of benzene rings is 1. The zero-order valence-corrected chi connectivity index (χ0v) is 17.0. The highest BCUT2D eigenvalue weighted by molar-refractivity contribution is 5.87. The number of carbonyl (C=O) groups excluding carboxylic acids is 2. The van der Waals surface area contributed by atoms with Crippen LogP contribution in [-0.4, -0.2) is 34.2 Å². The lowest BCUT2D eigenvalue weighted by molar-refractivity contribution is -0.144. The number of hydrogen-bond donors (Lipinski definition) is 0. The summed E-state index contributed by atoms with van der Waals surface area (Å²) >= 11 is 0. The van der Waals surface area contributed by atoms with Crippen LogP contribution in [-0.2, 0) is 22.7 Å². The largest absolute Gasteiger partial charge is 0.467 e. The van der Waals surface area contributed by atoms with Crippen molar-refractivity contribution in [2.24, 2.45) is 5.92 Å². The van der Waals surface area contributed by atoms with Crippen LogP contribution in [0.4, 0.5) is 0 Å². The first kappa shape index (κ1) is 19.7. The molecule has 5 heteroatoms. The Morgan fingerprint density at radius 3 is 2.31 bits per heavy atom. The molecule has 1 heterocycles. The second-order valence-electron chi connectivity index (χ2n) is 8.35. The molecule has 5 nitrogen and oxygen atoms in total. The van der Waals surface area contributed by atoms with Crippen molar-refractivity contribution in [3.8, 4) is 0 Å². The van der Waals surface area contributed by atoms with Gasteiger partial charge in [-0.05, 0) is 43.4 Å². The Balaban J connectivity index is 1.50. The summed E-state index contributed by atoms with van der Waals surface area (Å²) in [5.41, 5.74) is 1.07. The van der Waals surface area contributed by atoms with Crippen molar-refractivity contribution in [2.45, 2.75) is 64.1 Å². The van der Waals surface area contributed by atoms with E-state index in [2.05, 4.69) is 0 Å². The number of amides is 2. The molecule has 0 bridgehead atoms. The molecule has 154 valence electrons. The Labute approximate surface area is 172 Å². The molecule has 0 N–H and O–H groups in total. The van der Waals surface area contributed by atoms with Crippen LogP contribution < -0.4 is 0 Å². The monoisotopic (exact) mass is 394 g/mol. The molecule has 2 aliphatic rings. The standard InChI is InChI=1S/C24H30N2O3/c27-23(18-26(24(28)20-13-14-20)21-10-5-2-6-11-21)25(17-22-12-7-15-29-22)16-19-8-3-1-4-9-19/h1,3-4,7-9,12,15,20-21H,2,5-6,10-11,13-14,16-18H2. The third kappa shape index (κ3) is 5.28. The van der Waals surface area contributed by atoms with E-state index in [-0.39, 0.29) is 30.3 Å². The van der Waals surface area contributed by atoms with Gasteiger partial charge >= 0.3 is 0 Å². The highest BCUT2D eigenvalue weighted by Gasteiger charge is 2.38. The molecule has 0 radical (unpaired) electrons. The van der Waals surface area contributed by atoms with Gasteiger partial charge in [0.15, 0.2) is 0 Å². The summed E-state index contributed by atoms with van der Waals surface area (Å²) in [7, 11) is 0. The number of nitrogens with zero attached hydrogens (tertiary/aromatic N) is 2. The minimum absolute atomic E-state index is 0.00942. The van der Waals surface area contributed by atoms with Gasteiger partial charge in [0.2, 0.25) is 11.8 Å². The van der Waals surface area contributed by atoms with Crippen molar-refractivity contribution in [3.63, 3.8) is 0 Å². The smallest absolute Gasteiger partial charge is 0.242 e. The summed E-state index contributed by atoms with van der Waals surface area (Å²) in [6, 6.07) is 13.9. The van der Waals surface area contributed by atoms with Gasteiger partial charge in [0.25, 0.3) is 0 Å². The van der Waals surface area contributed by atoms with E-state index < -0.39 is 0 Å². The van der Waals surface area contributed by atoms with Crippen molar-refractivity contribution >= 4 is 11.8 Å². The normalized spacial score (nSPS) is 17.1. The maximum absolute atomic E-state index is 13.4.